The van der Waals surface area contributed by atoms with Crippen LogP contribution in [0.15, 0.2) is 134 Å². The Balaban J connectivity index is 1.49. The minimum absolute atomic E-state index is 0.0421. The largest absolute Gasteiger partial charge is 0.508 e. The van der Waals surface area contributed by atoms with E-state index in [1.54, 1.807) is 0 Å². The maximum atomic E-state index is 13.3. The summed E-state index contributed by atoms with van der Waals surface area (Å²) in [5.41, 5.74) is 10.4. The van der Waals surface area contributed by atoms with Crippen LogP contribution in [0.3, 0.4) is 0 Å². The molecule has 1 aliphatic rings. The minimum atomic E-state index is -0.0521. The van der Waals surface area contributed by atoms with Gasteiger partial charge in [-0.15, -0.1) is 0 Å². The fourth-order valence-corrected chi connectivity index (χ4v) is 5.91. The molecular weight excluding hydrogens is 504 g/mol. The molecular formula is C37H26N2O2. The van der Waals surface area contributed by atoms with Gasteiger partial charge in [0.15, 0.2) is 5.78 Å². The number of rotatable bonds is 5. The molecule has 0 atom stereocenters. The summed E-state index contributed by atoms with van der Waals surface area (Å²) in [6.07, 6.45) is 1.83. The van der Waals surface area contributed by atoms with E-state index in [1.165, 1.54) is 0 Å². The second-order valence-electron chi connectivity index (χ2n) is 10.1. The van der Waals surface area contributed by atoms with Gasteiger partial charge in [-0.2, -0.15) is 0 Å². The van der Waals surface area contributed by atoms with Gasteiger partial charge in [-0.1, -0.05) is 110 Å². The number of aromatic nitrogens is 2. The Kier molecular flexibility index (Phi) is 5.76. The first-order valence-electron chi connectivity index (χ1n) is 13.6. The maximum absolute atomic E-state index is 13.3. The number of hydrogen-bond acceptors (Lipinski definition) is 3. The molecule has 41 heavy (non-hydrogen) atoms. The fourth-order valence-electron chi connectivity index (χ4n) is 5.91. The van der Waals surface area contributed by atoms with Gasteiger partial charge in [-0.25, -0.2) is 4.98 Å². The highest BCUT2D eigenvalue weighted by Crippen LogP contribution is 2.41. The van der Waals surface area contributed by atoms with E-state index in [0.717, 1.165) is 55.7 Å². The molecule has 6 aromatic rings. The first kappa shape index (κ1) is 24.6. The quantitative estimate of drug-likeness (QED) is 0.178. The molecule has 1 N–H and O–H groups in total. The summed E-state index contributed by atoms with van der Waals surface area (Å²) < 4.78 is 2.09. The van der Waals surface area contributed by atoms with E-state index in [0.29, 0.717) is 17.0 Å². The highest BCUT2D eigenvalue weighted by atomic mass is 16.3. The van der Waals surface area contributed by atoms with Gasteiger partial charge in [0.05, 0.1) is 22.3 Å². The Hall–Kier alpha value is -5.48. The predicted molar refractivity (Wildman–Crippen MR) is 166 cm³/mol. The molecule has 196 valence electrons. The van der Waals surface area contributed by atoms with Gasteiger partial charge in [0.25, 0.3) is 0 Å². The Labute approximate surface area is 238 Å². The van der Waals surface area contributed by atoms with Crippen LogP contribution in [-0.4, -0.2) is 20.4 Å². The zero-order valence-electron chi connectivity index (χ0n) is 22.5. The molecule has 0 unspecified atom stereocenters. The fraction of sp³-hybridized carbons (Fsp3) is 0.0270. The lowest BCUT2D eigenvalue weighted by molar-refractivity contribution is 0.104. The van der Waals surface area contributed by atoms with E-state index in [-0.39, 0.29) is 11.5 Å². The Morgan fingerprint density at radius 1 is 0.707 bits per heavy atom. The average Bonchev–Trinajstić information content (AvgIpc) is 3.53. The summed E-state index contributed by atoms with van der Waals surface area (Å²) in [7, 11) is 0. The van der Waals surface area contributed by atoms with Crippen LogP contribution < -0.4 is 0 Å². The molecule has 1 aromatic heterocycles. The van der Waals surface area contributed by atoms with Gasteiger partial charge in [0, 0.05) is 22.3 Å². The zero-order chi connectivity index (χ0) is 28.1. The van der Waals surface area contributed by atoms with Crippen LogP contribution >= 0.6 is 0 Å². The van der Waals surface area contributed by atoms with Gasteiger partial charge in [-0.3, -0.25) is 9.36 Å². The number of aliphatic hydroxyl groups excluding tert-OH is 1. The summed E-state index contributed by atoms with van der Waals surface area (Å²) in [5, 5.41) is 10.6. The summed E-state index contributed by atoms with van der Waals surface area (Å²) in [4.78, 5) is 18.4. The van der Waals surface area contributed by atoms with Crippen molar-refractivity contribution in [3.8, 4) is 39.1 Å². The van der Waals surface area contributed by atoms with E-state index in [9.17, 15) is 9.90 Å². The first-order chi connectivity index (χ1) is 20.1. The Morgan fingerprint density at radius 3 is 2.12 bits per heavy atom. The van der Waals surface area contributed by atoms with Gasteiger partial charge in [0.2, 0.25) is 0 Å². The number of carbonyl (C=O) groups is 1. The molecule has 4 heteroatoms. The van der Waals surface area contributed by atoms with Crippen molar-refractivity contribution in [3.05, 3.63) is 151 Å². The lowest BCUT2D eigenvalue weighted by Crippen LogP contribution is -2.04. The number of para-hydroxylation sites is 2. The summed E-state index contributed by atoms with van der Waals surface area (Å²) in [6, 6.07) is 38.3. The second-order valence-corrected chi connectivity index (χ2v) is 10.1. The molecule has 0 spiro atoms. The average molecular weight is 531 g/mol. The molecule has 0 saturated heterocycles. The molecule has 5 aromatic carbocycles. The third kappa shape index (κ3) is 3.84. The van der Waals surface area contributed by atoms with E-state index >= 15 is 0 Å². The highest BCUT2D eigenvalue weighted by Gasteiger charge is 2.27. The molecule has 0 aliphatic heterocycles. The van der Waals surface area contributed by atoms with Crippen molar-refractivity contribution >= 4 is 22.4 Å². The molecule has 0 bridgehead atoms. The number of hydrogen-bond donors (Lipinski definition) is 1. The second kappa shape index (κ2) is 9.61. The SMILES string of the molecule is C=C(O)/C(=C\C)c1nc2c(-c3ccc4c(c3)C(=O)c3ccccc3-4)cccc2n1-c1ccccc1-c1ccccc1. The van der Waals surface area contributed by atoms with Crippen molar-refractivity contribution in [2.45, 2.75) is 6.92 Å². The monoisotopic (exact) mass is 530 g/mol. The lowest BCUT2D eigenvalue weighted by atomic mass is 9.98. The molecule has 0 radical (unpaired) electrons. The van der Waals surface area contributed by atoms with Crippen molar-refractivity contribution in [2.75, 3.05) is 0 Å². The van der Waals surface area contributed by atoms with Crippen LogP contribution in [-0.2, 0) is 0 Å². The number of nitrogens with zero attached hydrogens (tertiary/aromatic N) is 2. The van der Waals surface area contributed by atoms with Gasteiger partial charge in [-0.05, 0) is 47.4 Å². The highest BCUT2D eigenvalue weighted by molar-refractivity contribution is 6.22. The standard InChI is InChI=1S/C37H26N2O2/c1-3-26(23(2)40)37-38-35-28(25-20-21-30-29-15-7-8-16-31(29)36(41)32(30)22-25)17-11-19-34(35)39(37)33-18-10-9-14-27(33)24-12-5-4-6-13-24/h3-22,40H,2H2,1H3/b26-3+. The molecule has 4 nitrogen and oxygen atoms in total. The number of imidazole rings is 1. The van der Waals surface area contributed by atoms with Crippen LogP contribution in [0.4, 0.5) is 0 Å². The molecule has 1 aliphatic carbocycles. The van der Waals surface area contributed by atoms with E-state index < -0.39 is 0 Å². The van der Waals surface area contributed by atoms with Gasteiger partial charge < -0.3 is 5.11 Å². The number of allylic oxidation sites excluding steroid dienone is 2. The molecule has 7 rings (SSSR count). The normalized spacial score (nSPS) is 12.4. The third-order valence-corrected chi connectivity index (χ3v) is 7.79. The topological polar surface area (TPSA) is 55.1 Å². The number of fused-ring (bicyclic) bond motifs is 4. The molecule has 0 fully saturated rings. The predicted octanol–water partition coefficient (Wildman–Crippen LogP) is 9.05. The molecule has 0 amide bonds. The van der Waals surface area contributed by atoms with Crippen molar-refractivity contribution in [2.24, 2.45) is 0 Å². The van der Waals surface area contributed by atoms with Crippen molar-refractivity contribution < 1.29 is 9.90 Å². The summed E-state index contributed by atoms with van der Waals surface area (Å²) in [6.45, 7) is 5.70. The lowest BCUT2D eigenvalue weighted by Gasteiger charge is -2.16. The smallest absolute Gasteiger partial charge is 0.194 e. The van der Waals surface area contributed by atoms with Crippen molar-refractivity contribution in [1.29, 1.82) is 0 Å². The number of benzene rings is 5. The van der Waals surface area contributed by atoms with Crippen LogP contribution in [0.2, 0.25) is 0 Å². The zero-order valence-corrected chi connectivity index (χ0v) is 22.5. The maximum Gasteiger partial charge on any atom is 0.194 e. The number of carbonyl (C=O) groups excluding carboxylic acids is 1. The summed E-state index contributed by atoms with van der Waals surface area (Å²) in [5.74, 6) is 0.583. The first-order valence-corrected chi connectivity index (χ1v) is 13.6. The van der Waals surface area contributed by atoms with E-state index in [4.69, 9.17) is 4.98 Å². The summed E-state index contributed by atoms with van der Waals surface area (Å²) >= 11 is 0. The molecule has 0 saturated carbocycles. The van der Waals surface area contributed by atoms with Crippen LogP contribution in [0, 0.1) is 0 Å². The minimum Gasteiger partial charge on any atom is -0.508 e. The molecule has 1 heterocycles. The van der Waals surface area contributed by atoms with E-state index in [2.05, 4.69) is 41.5 Å². The van der Waals surface area contributed by atoms with Crippen molar-refractivity contribution in [3.63, 3.8) is 0 Å². The van der Waals surface area contributed by atoms with Crippen LogP contribution in [0.25, 0.3) is 55.7 Å². The van der Waals surface area contributed by atoms with Gasteiger partial charge in [0.1, 0.15) is 11.6 Å². The third-order valence-electron chi connectivity index (χ3n) is 7.79. The van der Waals surface area contributed by atoms with Crippen LogP contribution in [0.1, 0.15) is 28.7 Å². The van der Waals surface area contributed by atoms with Gasteiger partial charge >= 0.3 is 0 Å². The number of ketones is 1. The van der Waals surface area contributed by atoms with Crippen molar-refractivity contribution in [1.82, 2.24) is 9.55 Å². The van der Waals surface area contributed by atoms with E-state index in [1.807, 2.05) is 97.9 Å². The Morgan fingerprint density at radius 2 is 1.37 bits per heavy atom. The number of aliphatic hydroxyl groups is 1. The van der Waals surface area contributed by atoms with Crippen LogP contribution in [0.5, 0.6) is 0 Å². The Bertz CT molecular complexity index is 2050.